The molecule has 7 heteroatoms. The zero-order valence-corrected chi connectivity index (χ0v) is 18.1. The highest BCUT2D eigenvalue weighted by molar-refractivity contribution is 6.08. The summed E-state index contributed by atoms with van der Waals surface area (Å²) < 4.78 is 12.6. The van der Waals surface area contributed by atoms with E-state index in [0.29, 0.717) is 23.2 Å². The molecule has 0 fully saturated rings. The van der Waals surface area contributed by atoms with Gasteiger partial charge in [-0.05, 0) is 35.4 Å². The van der Waals surface area contributed by atoms with Crippen LogP contribution in [0.25, 0.3) is 22.2 Å². The van der Waals surface area contributed by atoms with E-state index in [-0.39, 0.29) is 18.0 Å². The molecule has 5 rings (SSSR count). The van der Waals surface area contributed by atoms with Crippen molar-refractivity contribution < 1.29 is 14.3 Å². The minimum absolute atomic E-state index is 0.144. The lowest BCUT2D eigenvalue weighted by Crippen LogP contribution is -2.10. The van der Waals surface area contributed by atoms with Crippen LogP contribution < -0.4 is 10.5 Å². The number of carbonyl (C=O) groups is 1. The summed E-state index contributed by atoms with van der Waals surface area (Å²) in [7, 11) is 1.63. The number of nitrogen functional groups attached to an aromatic ring is 1. The van der Waals surface area contributed by atoms with Crippen LogP contribution in [0, 0.1) is 0 Å². The molecule has 0 amide bonds. The van der Waals surface area contributed by atoms with Crippen molar-refractivity contribution in [2.24, 2.45) is 0 Å². The number of nitrogens with two attached hydrogens (primary N) is 1. The molecule has 0 aliphatic rings. The molecule has 0 saturated carbocycles. The molecule has 2 N–H and O–H groups in total. The average Bonchev–Trinajstić information content (AvgIpc) is 3.12. The molecule has 164 valence electrons. The highest BCUT2D eigenvalue weighted by Crippen LogP contribution is 2.30. The third-order valence-corrected chi connectivity index (χ3v) is 5.51. The summed E-state index contributed by atoms with van der Waals surface area (Å²) in [5.74, 6) is 0.508. The Bertz CT molecular complexity index is 1440. The second-order valence-corrected chi connectivity index (χ2v) is 7.64. The van der Waals surface area contributed by atoms with E-state index in [1.165, 1.54) is 0 Å². The lowest BCUT2D eigenvalue weighted by Gasteiger charge is -2.09. The predicted molar refractivity (Wildman–Crippen MR) is 127 cm³/mol. The summed E-state index contributed by atoms with van der Waals surface area (Å²) in [6.07, 6.45) is 0. The quantitative estimate of drug-likeness (QED) is 0.390. The van der Waals surface area contributed by atoms with Crippen LogP contribution >= 0.6 is 0 Å². The van der Waals surface area contributed by atoms with Gasteiger partial charge in [-0.2, -0.15) is 0 Å². The molecule has 2 aromatic heterocycles. The standard InChI is InChI=1S/C26H22N4O3/c1-32-19-13-11-17(12-14-19)15-30-24(27)22(26(31)33-16-18-7-3-2-4-8-18)23-25(30)29-21-10-6-5-9-20(21)28-23/h2-14H,15-16,27H2,1H3. The second-order valence-electron chi connectivity index (χ2n) is 7.64. The molecule has 2 heterocycles. The van der Waals surface area contributed by atoms with Crippen molar-refractivity contribution >= 4 is 34.0 Å². The zero-order chi connectivity index (χ0) is 22.8. The Morgan fingerprint density at radius 1 is 0.879 bits per heavy atom. The lowest BCUT2D eigenvalue weighted by molar-refractivity contribution is 0.0476. The van der Waals surface area contributed by atoms with E-state index < -0.39 is 5.97 Å². The molecule has 0 aliphatic heterocycles. The first-order chi connectivity index (χ1) is 16.1. The van der Waals surface area contributed by atoms with Crippen LogP contribution in [0.1, 0.15) is 21.5 Å². The smallest absolute Gasteiger partial charge is 0.344 e. The Morgan fingerprint density at radius 2 is 1.55 bits per heavy atom. The van der Waals surface area contributed by atoms with Crippen LogP contribution in [-0.2, 0) is 17.9 Å². The second kappa shape index (κ2) is 8.63. The zero-order valence-electron chi connectivity index (χ0n) is 18.1. The van der Waals surface area contributed by atoms with Gasteiger partial charge in [0.05, 0.1) is 24.7 Å². The van der Waals surface area contributed by atoms with Crippen LogP contribution in [0.2, 0.25) is 0 Å². The first-order valence-electron chi connectivity index (χ1n) is 10.5. The van der Waals surface area contributed by atoms with Crippen LogP contribution in [0.5, 0.6) is 5.75 Å². The first-order valence-corrected chi connectivity index (χ1v) is 10.5. The van der Waals surface area contributed by atoms with Gasteiger partial charge in [-0.15, -0.1) is 0 Å². The Labute approximate surface area is 190 Å². The summed E-state index contributed by atoms with van der Waals surface area (Å²) >= 11 is 0. The van der Waals surface area contributed by atoms with Crippen molar-refractivity contribution in [2.75, 3.05) is 12.8 Å². The van der Waals surface area contributed by atoms with Crippen molar-refractivity contribution in [2.45, 2.75) is 13.2 Å². The Morgan fingerprint density at radius 3 is 2.24 bits per heavy atom. The summed E-state index contributed by atoms with van der Waals surface area (Å²) in [6.45, 7) is 0.566. The molecule has 0 unspecified atom stereocenters. The molecule has 0 spiro atoms. The van der Waals surface area contributed by atoms with Crippen molar-refractivity contribution in [1.29, 1.82) is 0 Å². The number of aromatic nitrogens is 3. The number of rotatable bonds is 6. The van der Waals surface area contributed by atoms with Gasteiger partial charge in [0, 0.05) is 0 Å². The van der Waals surface area contributed by atoms with Gasteiger partial charge in [0.2, 0.25) is 0 Å². The fourth-order valence-corrected chi connectivity index (χ4v) is 3.79. The molecule has 0 saturated heterocycles. The van der Waals surface area contributed by atoms with E-state index in [1.54, 1.807) is 11.7 Å². The maximum absolute atomic E-state index is 13.1. The third-order valence-electron chi connectivity index (χ3n) is 5.51. The lowest BCUT2D eigenvalue weighted by atomic mass is 10.2. The predicted octanol–water partition coefficient (Wildman–Crippen LogP) is 4.58. The Balaban J connectivity index is 1.58. The first kappa shape index (κ1) is 20.5. The van der Waals surface area contributed by atoms with E-state index in [2.05, 4.69) is 0 Å². The number of nitrogens with zero attached hydrogens (tertiary/aromatic N) is 3. The molecule has 0 atom stereocenters. The number of para-hydroxylation sites is 2. The van der Waals surface area contributed by atoms with Gasteiger partial charge in [-0.25, -0.2) is 14.8 Å². The minimum Gasteiger partial charge on any atom is -0.497 e. The molecule has 0 bridgehead atoms. The molecular weight excluding hydrogens is 416 g/mol. The maximum Gasteiger partial charge on any atom is 0.344 e. The van der Waals surface area contributed by atoms with Crippen molar-refractivity contribution in [3.8, 4) is 5.75 Å². The fraction of sp³-hybridized carbons (Fsp3) is 0.115. The van der Waals surface area contributed by atoms with Crippen molar-refractivity contribution in [1.82, 2.24) is 14.5 Å². The Kier molecular flexibility index (Phi) is 5.36. The summed E-state index contributed by atoms with van der Waals surface area (Å²) in [6, 6.07) is 24.7. The summed E-state index contributed by atoms with van der Waals surface area (Å²) in [4.78, 5) is 22.6. The number of fused-ring (bicyclic) bond motifs is 2. The highest BCUT2D eigenvalue weighted by atomic mass is 16.5. The Hall–Kier alpha value is -4.39. The number of carbonyl (C=O) groups excluding carboxylic acids is 1. The van der Waals surface area contributed by atoms with Gasteiger partial charge in [0.25, 0.3) is 0 Å². The van der Waals surface area contributed by atoms with Gasteiger partial charge in [0.1, 0.15) is 29.3 Å². The monoisotopic (exact) mass is 438 g/mol. The van der Waals surface area contributed by atoms with Crippen LogP contribution in [0.4, 0.5) is 5.82 Å². The molecule has 33 heavy (non-hydrogen) atoms. The minimum atomic E-state index is -0.528. The van der Waals surface area contributed by atoms with E-state index in [9.17, 15) is 4.79 Å². The van der Waals surface area contributed by atoms with Gasteiger partial charge >= 0.3 is 5.97 Å². The van der Waals surface area contributed by atoms with E-state index in [1.807, 2.05) is 78.9 Å². The van der Waals surface area contributed by atoms with E-state index in [4.69, 9.17) is 25.2 Å². The number of benzene rings is 3. The summed E-state index contributed by atoms with van der Waals surface area (Å²) in [5.41, 5.74) is 11.0. The molecule has 3 aromatic carbocycles. The third kappa shape index (κ3) is 3.96. The fourth-order valence-electron chi connectivity index (χ4n) is 3.79. The number of methoxy groups -OCH3 is 1. The van der Waals surface area contributed by atoms with Gasteiger partial charge in [-0.3, -0.25) is 0 Å². The number of anilines is 1. The van der Waals surface area contributed by atoms with E-state index >= 15 is 0 Å². The van der Waals surface area contributed by atoms with Crippen LogP contribution in [0.15, 0.2) is 78.9 Å². The number of esters is 1. The van der Waals surface area contributed by atoms with Gasteiger partial charge in [0.15, 0.2) is 5.65 Å². The molecule has 7 nitrogen and oxygen atoms in total. The highest BCUT2D eigenvalue weighted by Gasteiger charge is 2.25. The molecule has 5 aromatic rings. The van der Waals surface area contributed by atoms with Crippen molar-refractivity contribution in [3.05, 3.63) is 95.6 Å². The number of ether oxygens (including phenoxy) is 2. The largest absolute Gasteiger partial charge is 0.497 e. The SMILES string of the molecule is COc1ccc(Cn2c(N)c(C(=O)OCc3ccccc3)c3nc4ccccc4nc32)cc1. The van der Waals surface area contributed by atoms with Crippen LogP contribution in [-0.4, -0.2) is 27.6 Å². The average molecular weight is 438 g/mol. The molecule has 0 aliphatic carbocycles. The molecule has 0 radical (unpaired) electrons. The summed E-state index contributed by atoms with van der Waals surface area (Å²) in [5, 5.41) is 0. The van der Waals surface area contributed by atoms with E-state index in [0.717, 1.165) is 22.4 Å². The number of hydrogen-bond donors (Lipinski definition) is 1. The molecular formula is C26H22N4O3. The topological polar surface area (TPSA) is 92.3 Å². The van der Waals surface area contributed by atoms with Crippen LogP contribution in [0.3, 0.4) is 0 Å². The normalized spacial score (nSPS) is 11.1. The van der Waals surface area contributed by atoms with Gasteiger partial charge in [-0.1, -0.05) is 54.6 Å². The van der Waals surface area contributed by atoms with Crippen molar-refractivity contribution in [3.63, 3.8) is 0 Å². The number of hydrogen-bond acceptors (Lipinski definition) is 6. The van der Waals surface area contributed by atoms with Gasteiger partial charge < -0.3 is 19.8 Å². The maximum atomic E-state index is 13.1.